The SMILES string of the molecule is CC1(CN)CCN(C(=O)CNC(=O)C2c3ccccc3C(=O)N2C2CC2)C1. The van der Waals surface area contributed by atoms with Gasteiger partial charge in [0, 0.05) is 24.7 Å². The van der Waals surface area contributed by atoms with Crippen LogP contribution in [0.5, 0.6) is 0 Å². The summed E-state index contributed by atoms with van der Waals surface area (Å²) in [6.45, 7) is 3.86. The lowest BCUT2D eigenvalue weighted by atomic mass is 9.90. The predicted octanol–water partition coefficient (Wildman–Crippen LogP) is 0.659. The van der Waals surface area contributed by atoms with Crippen LogP contribution in [0.2, 0.25) is 0 Å². The predicted molar refractivity (Wildman–Crippen MR) is 99.7 cm³/mol. The molecule has 1 aromatic rings. The molecule has 3 amide bonds. The van der Waals surface area contributed by atoms with Crippen LogP contribution in [0, 0.1) is 5.41 Å². The molecule has 3 N–H and O–H groups in total. The van der Waals surface area contributed by atoms with E-state index in [4.69, 9.17) is 5.73 Å². The topological polar surface area (TPSA) is 95.7 Å². The smallest absolute Gasteiger partial charge is 0.255 e. The van der Waals surface area contributed by atoms with E-state index in [1.165, 1.54) is 0 Å². The Bertz CT molecular complexity index is 791. The van der Waals surface area contributed by atoms with Crippen molar-refractivity contribution >= 4 is 17.7 Å². The summed E-state index contributed by atoms with van der Waals surface area (Å²) in [6.07, 6.45) is 2.73. The van der Waals surface area contributed by atoms with Crippen LogP contribution in [0.4, 0.5) is 0 Å². The molecule has 4 rings (SSSR count). The standard InChI is InChI=1S/C20H26N4O3/c1-20(11-21)8-9-23(12-20)16(25)10-22-18(26)17-14-4-2-3-5-15(14)19(27)24(17)13-6-7-13/h2-5,13,17H,6-12,21H2,1H3,(H,22,26). The quantitative estimate of drug-likeness (QED) is 0.796. The van der Waals surface area contributed by atoms with Gasteiger partial charge in [-0.05, 0) is 42.9 Å². The second-order valence-electron chi connectivity index (χ2n) is 8.23. The van der Waals surface area contributed by atoms with Crippen LogP contribution < -0.4 is 11.1 Å². The molecule has 2 fully saturated rings. The number of nitrogens with one attached hydrogen (secondary N) is 1. The number of likely N-dealkylation sites (tertiary alicyclic amines) is 1. The summed E-state index contributed by atoms with van der Waals surface area (Å²) >= 11 is 0. The van der Waals surface area contributed by atoms with E-state index < -0.39 is 6.04 Å². The number of nitrogens with zero attached hydrogens (tertiary/aromatic N) is 2. The van der Waals surface area contributed by atoms with Crippen molar-refractivity contribution in [2.75, 3.05) is 26.2 Å². The minimum atomic E-state index is -0.637. The highest BCUT2D eigenvalue weighted by Gasteiger charge is 2.47. The number of hydrogen-bond donors (Lipinski definition) is 2. The minimum Gasteiger partial charge on any atom is -0.345 e. The van der Waals surface area contributed by atoms with Crippen molar-refractivity contribution in [3.05, 3.63) is 35.4 Å². The van der Waals surface area contributed by atoms with Crippen LogP contribution >= 0.6 is 0 Å². The fourth-order valence-corrected chi connectivity index (χ4v) is 4.11. The van der Waals surface area contributed by atoms with Gasteiger partial charge < -0.3 is 20.9 Å². The molecule has 1 saturated carbocycles. The number of amides is 3. The van der Waals surface area contributed by atoms with Gasteiger partial charge in [-0.15, -0.1) is 0 Å². The molecule has 2 heterocycles. The lowest BCUT2D eigenvalue weighted by molar-refractivity contribution is -0.133. The lowest BCUT2D eigenvalue weighted by Crippen LogP contribution is -2.45. The molecule has 0 bridgehead atoms. The highest BCUT2D eigenvalue weighted by atomic mass is 16.2. The number of carbonyl (C=O) groups excluding carboxylic acids is 3. The van der Waals surface area contributed by atoms with Crippen molar-refractivity contribution in [3.8, 4) is 0 Å². The number of fused-ring (bicyclic) bond motifs is 1. The van der Waals surface area contributed by atoms with Crippen molar-refractivity contribution in [1.82, 2.24) is 15.1 Å². The van der Waals surface area contributed by atoms with Crippen molar-refractivity contribution < 1.29 is 14.4 Å². The normalized spacial score (nSPS) is 27.0. The fourth-order valence-electron chi connectivity index (χ4n) is 4.11. The van der Waals surface area contributed by atoms with Crippen molar-refractivity contribution in [2.45, 2.75) is 38.3 Å². The zero-order chi connectivity index (χ0) is 19.2. The van der Waals surface area contributed by atoms with E-state index in [0.29, 0.717) is 25.2 Å². The van der Waals surface area contributed by atoms with Crippen LogP contribution in [0.1, 0.15) is 48.1 Å². The van der Waals surface area contributed by atoms with E-state index >= 15 is 0 Å². The summed E-state index contributed by atoms with van der Waals surface area (Å²) in [4.78, 5) is 41.6. The first-order chi connectivity index (χ1) is 12.9. The molecular weight excluding hydrogens is 344 g/mol. The van der Waals surface area contributed by atoms with Crippen LogP contribution in [-0.4, -0.2) is 59.7 Å². The van der Waals surface area contributed by atoms with Crippen molar-refractivity contribution in [2.24, 2.45) is 11.1 Å². The first-order valence-electron chi connectivity index (χ1n) is 9.61. The second-order valence-corrected chi connectivity index (χ2v) is 8.23. The highest BCUT2D eigenvalue weighted by Crippen LogP contribution is 2.41. The molecule has 27 heavy (non-hydrogen) atoms. The van der Waals surface area contributed by atoms with E-state index in [1.54, 1.807) is 15.9 Å². The zero-order valence-corrected chi connectivity index (χ0v) is 15.6. The Labute approximate surface area is 158 Å². The summed E-state index contributed by atoms with van der Waals surface area (Å²) in [5.74, 6) is -0.469. The molecule has 0 radical (unpaired) electrons. The van der Waals surface area contributed by atoms with Crippen LogP contribution in [0.3, 0.4) is 0 Å². The maximum atomic E-state index is 12.9. The molecule has 0 spiro atoms. The zero-order valence-electron chi connectivity index (χ0n) is 15.6. The molecule has 2 aliphatic heterocycles. The van der Waals surface area contributed by atoms with Gasteiger partial charge in [0.15, 0.2) is 0 Å². The summed E-state index contributed by atoms with van der Waals surface area (Å²) in [5, 5.41) is 2.77. The van der Waals surface area contributed by atoms with Crippen LogP contribution in [0.25, 0.3) is 0 Å². The van der Waals surface area contributed by atoms with E-state index in [9.17, 15) is 14.4 Å². The third-order valence-corrected chi connectivity index (χ3v) is 6.00. The van der Waals surface area contributed by atoms with E-state index in [2.05, 4.69) is 12.2 Å². The molecule has 1 saturated heterocycles. The number of carbonyl (C=O) groups is 3. The monoisotopic (exact) mass is 370 g/mol. The minimum absolute atomic E-state index is 0.0424. The number of nitrogens with two attached hydrogens (primary N) is 1. The number of benzene rings is 1. The molecule has 1 aliphatic carbocycles. The maximum Gasteiger partial charge on any atom is 0.255 e. The Hall–Kier alpha value is -2.41. The molecule has 0 aromatic heterocycles. The molecule has 1 aromatic carbocycles. The number of hydrogen-bond acceptors (Lipinski definition) is 4. The van der Waals surface area contributed by atoms with Crippen molar-refractivity contribution in [1.29, 1.82) is 0 Å². The Morgan fingerprint density at radius 2 is 2.04 bits per heavy atom. The van der Waals surface area contributed by atoms with Crippen molar-refractivity contribution in [3.63, 3.8) is 0 Å². The average Bonchev–Trinajstić information content (AvgIpc) is 3.37. The highest BCUT2D eigenvalue weighted by molar-refractivity contribution is 6.05. The second kappa shape index (κ2) is 6.64. The molecule has 144 valence electrons. The van der Waals surface area contributed by atoms with Gasteiger partial charge in [-0.1, -0.05) is 25.1 Å². The third-order valence-electron chi connectivity index (χ3n) is 6.00. The van der Waals surface area contributed by atoms with Gasteiger partial charge in [0.25, 0.3) is 5.91 Å². The lowest BCUT2D eigenvalue weighted by Gasteiger charge is -2.25. The van der Waals surface area contributed by atoms with Gasteiger partial charge in [-0.3, -0.25) is 14.4 Å². The Morgan fingerprint density at radius 3 is 2.70 bits per heavy atom. The van der Waals surface area contributed by atoms with E-state index in [-0.39, 0.29) is 35.7 Å². The van der Waals surface area contributed by atoms with E-state index in [1.807, 2.05) is 18.2 Å². The molecule has 7 heteroatoms. The summed E-state index contributed by atoms with van der Waals surface area (Å²) in [7, 11) is 0. The van der Waals surface area contributed by atoms with Gasteiger partial charge in [0.2, 0.25) is 11.8 Å². The van der Waals surface area contributed by atoms with Crippen LogP contribution in [-0.2, 0) is 9.59 Å². The Balaban J connectivity index is 1.43. The molecular formula is C20H26N4O3. The van der Waals surface area contributed by atoms with Gasteiger partial charge in [0.05, 0.1) is 6.54 Å². The molecule has 2 unspecified atom stereocenters. The molecule has 2 atom stereocenters. The summed E-state index contributed by atoms with van der Waals surface area (Å²) < 4.78 is 0. The van der Waals surface area contributed by atoms with E-state index in [0.717, 1.165) is 24.8 Å². The van der Waals surface area contributed by atoms with Gasteiger partial charge >= 0.3 is 0 Å². The van der Waals surface area contributed by atoms with Gasteiger partial charge in [-0.2, -0.15) is 0 Å². The summed E-state index contributed by atoms with van der Waals surface area (Å²) in [5.41, 5.74) is 7.08. The van der Waals surface area contributed by atoms with Gasteiger partial charge in [0.1, 0.15) is 6.04 Å². The largest absolute Gasteiger partial charge is 0.345 e. The van der Waals surface area contributed by atoms with Gasteiger partial charge in [-0.25, -0.2) is 0 Å². The Morgan fingerprint density at radius 1 is 1.30 bits per heavy atom. The fraction of sp³-hybridized carbons (Fsp3) is 0.550. The average molecular weight is 370 g/mol. The molecule has 3 aliphatic rings. The first-order valence-corrected chi connectivity index (χ1v) is 9.61. The third kappa shape index (κ3) is 3.20. The summed E-state index contributed by atoms with van der Waals surface area (Å²) in [6, 6.07) is 6.74. The number of rotatable bonds is 5. The Kier molecular flexibility index (Phi) is 4.42. The van der Waals surface area contributed by atoms with Crippen LogP contribution in [0.15, 0.2) is 24.3 Å². The molecule has 7 nitrogen and oxygen atoms in total. The maximum absolute atomic E-state index is 12.9. The first kappa shape index (κ1) is 18.0.